The first kappa shape index (κ1) is 11.2. The van der Waals surface area contributed by atoms with Crippen LogP contribution in [0.2, 0.25) is 0 Å². The van der Waals surface area contributed by atoms with Crippen LogP contribution < -0.4 is 0 Å². The minimum absolute atomic E-state index is 0.992. The topological polar surface area (TPSA) is 11.3 Å². The maximum Gasteiger partial charge on any atom is 0.332 e. The summed E-state index contributed by atoms with van der Waals surface area (Å²) in [7, 11) is 0. The molecule has 0 saturated heterocycles. The maximum absolute atomic E-state index is 5.88. The molecule has 0 atom stereocenters. The van der Waals surface area contributed by atoms with E-state index in [2.05, 4.69) is 34.6 Å². The van der Waals surface area contributed by atoms with Gasteiger partial charge in [-0.3, -0.25) is 0 Å². The maximum atomic E-state index is 5.88. The lowest BCUT2D eigenvalue weighted by molar-refractivity contribution is 0.444. The van der Waals surface area contributed by atoms with Gasteiger partial charge in [-0.2, -0.15) is 0 Å². The second-order valence-corrected chi connectivity index (χ2v) is 3.74. The van der Waals surface area contributed by atoms with Crippen LogP contribution in [0, 0.1) is 13.8 Å². The highest BCUT2D eigenvalue weighted by atomic mass is 16.3. The molecule has 0 spiro atoms. The number of rotatable bonds is 3. The molecular formula is C13H21O+. The van der Waals surface area contributed by atoms with Crippen molar-refractivity contribution in [2.24, 2.45) is 0 Å². The van der Waals surface area contributed by atoms with Crippen LogP contribution in [0.15, 0.2) is 4.42 Å². The molecule has 1 heterocycles. The highest BCUT2D eigenvalue weighted by molar-refractivity contribution is 5.36. The second kappa shape index (κ2) is 4.59. The van der Waals surface area contributed by atoms with Gasteiger partial charge in [-0.15, -0.1) is 0 Å². The standard InChI is InChI=1S/C13H21O/c1-6-11-9(4)12(7-2)14-13(8-3)10(11)5/h6-8H2,1-5H3/q+1/i1+1,4+1,5+1,11+1. The largest absolute Gasteiger partial charge is 0.332 e. The molecule has 78 valence electrons. The van der Waals surface area contributed by atoms with Gasteiger partial charge in [0.1, 0.15) is 0 Å². The van der Waals surface area contributed by atoms with Crippen molar-refractivity contribution in [1.82, 2.24) is 0 Å². The van der Waals surface area contributed by atoms with E-state index in [9.17, 15) is 0 Å². The van der Waals surface area contributed by atoms with Crippen molar-refractivity contribution in [2.45, 2.75) is 53.9 Å². The van der Waals surface area contributed by atoms with Gasteiger partial charge in [-0.25, -0.2) is 4.42 Å². The Morgan fingerprint density at radius 2 is 1.21 bits per heavy atom. The zero-order valence-corrected chi connectivity index (χ0v) is 10.0. The van der Waals surface area contributed by atoms with E-state index in [0.717, 1.165) is 30.8 Å². The summed E-state index contributed by atoms with van der Waals surface area (Å²) in [5.74, 6) is 2.31. The smallest absolute Gasteiger partial charge is 0.217 e. The zero-order chi connectivity index (χ0) is 10.7. The predicted molar refractivity (Wildman–Crippen MR) is 60.7 cm³/mol. The lowest BCUT2D eigenvalue weighted by atomic mass is 10.2. The summed E-state index contributed by atoms with van der Waals surface area (Å²) in [6, 6.07) is 0. The van der Waals surface area contributed by atoms with Gasteiger partial charge >= 0.3 is 11.5 Å². The van der Waals surface area contributed by atoms with Gasteiger partial charge in [0.05, 0.1) is 24.0 Å². The monoisotopic (exact) mass is 197 g/mol. The zero-order valence-electron chi connectivity index (χ0n) is 10.0. The molecule has 1 aromatic heterocycles. The Kier molecular flexibility index (Phi) is 3.68. The van der Waals surface area contributed by atoms with E-state index in [4.69, 9.17) is 4.42 Å². The quantitative estimate of drug-likeness (QED) is 0.529. The van der Waals surface area contributed by atoms with Crippen LogP contribution in [0.5, 0.6) is 0 Å². The predicted octanol–water partition coefficient (Wildman–Crippen LogP) is 3.86. The first-order valence-corrected chi connectivity index (χ1v) is 5.59. The van der Waals surface area contributed by atoms with Crippen molar-refractivity contribution in [2.75, 3.05) is 0 Å². The molecule has 0 aliphatic rings. The lowest BCUT2D eigenvalue weighted by Crippen LogP contribution is -2.01. The number of hydrogen-bond acceptors (Lipinski definition) is 0. The van der Waals surface area contributed by atoms with E-state index in [-0.39, 0.29) is 0 Å². The van der Waals surface area contributed by atoms with Gasteiger partial charge in [0.25, 0.3) is 0 Å². The molecule has 1 rings (SSSR count). The molecule has 14 heavy (non-hydrogen) atoms. The van der Waals surface area contributed by atoms with Crippen molar-refractivity contribution < 1.29 is 4.42 Å². The molecule has 0 amide bonds. The fourth-order valence-corrected chi connectivity index (χ4v) is 2.12. The third kappa shape index (κ3) is 1.82. The molecule has 0 N–H and O–H groups in total. The highest BCUT2D eigenvalue weighted by Gasteiger charge is 2.21. The van der Waals surface area contributed by atoms with E-state index in [0.29, 0.717) is 0 Å². The molecule has 0 saturated carbocycles. The van der Waals surface area contributed by atoms with E-state index < -0.39 is 0 Å². The summed E-state index contributed by atoms with van der Waals surface area (Å²) in [6.07, 6.45) is 3.09. The van der Waals surface area contributed by atoms with Crippen molar-refractivity contribution >= 4 is 0 Å². The molecular weight excluding hydrogens is 176 g/mol. The first-order chi connectivity index (χ1) is 6.65. The summed E-state index contributed by atoms with van der Waals surface area (Å²) in [6.45, 7) is 10.9. The van der Waals surface area contributed by atoms with Gasteiger partial charge in [-0.05, 0) is 25.8 Å². The van der Waals surface area contributed by atoms with Gasteiger partial charge in [0.2, 0.25) is 0 Å². The van der Waals surface area contributed by atoms with Crippen LogP contribution in [-0.2, 0) is 19.3 Å². The van der Waals surface area contributed by atoms with Crippen LogP contribution >= 0.6 is 0 Å². The molecule has 1 aromatic rings. The lowest BCUT2D eigenvalue weighted by Gasteiger charge is -2.05. The Balaban J connectivity index is 3.39. The van der Waals surface area contributed by atoms with Crippen LogP contribution in [0.1, 0.15) is 49.0 Å². The van der Waals surface area contributed by atoms with Crippen molar-refractivity contribution in [3.8, 4) is 0 Å². The van der Waals surface area contributed by atoms with Gasteiger partial charge in [-0.1, -0.05) is 20.8 Å². The number of aryl methyl sites for hydroxylation is 2. The summed E-state index contributed by atoms with van der Waals surface area (Å²) < 4.78 is 5.88. The van der Waals surface area contributed by atoms with Crippen LogP contribution in [-0.4, -0.2) is 0 Å². The average Bonchev–Trinajstić information content (AvgIpc) is 2.19. The van der Waals surface area contributed by atoms with Crippen LogP contribution in [0.4, 0.5) is 0 Å². The Bertz CT molecular complexity index is 298. The van der Waals surface area contributed by atoms with Crippen LogP contribution in [0.25, 0.3) is 0 Å². The molecule has 0 unspecified atom stereocenters. The van der Waals surface area contributed by atoms with Gasteiger partial charge in [0, 0.05) is 0 Å². The summed E-state index contributed by atoms with van der Waals surface area (Å²) >= 11 is 0. The van der Waals surface area contributed by atoms with Crippen LogP contribution in [0.3, 0.4) is 0 Å². The van der Waals surface area contributed by atoms with Gasteiger partial charge in [0.15, 0.2) is 0 Å². The SMILES string of the molecule is CCc1[o+]c(CC)c([13CH3])[13c](C[13CH3])c1[13CH3]. The summed E-state index contributed by atoms with van der Waals surface area (Å²) in [4.78, 5) is 0. The van der Waals surface area contributed by atoms with E-state index in [1.807, 2.05) is 0 Å². The Morgan fingerprint density at radius 1 is 0.786 bits per heavy atom. The molecule has 0 aliphatic heterocycles. The number of hydrogen-bond donors (Lipinski definition) is 0. The fraction of sp³-hybridized carbons (Fsp3) is 0.615. The normalized spacial score (nSPS) is 10.6. The third-order valence-corrected chi connectivity index (χ3v) is 2.98. The molecule has 0 radical (unpaired) electrons. The minimum Gasteiger partial charge on any atom is -0.217 e. The van der Waals surface area contributed by atoms with E-state index >= 15 is 0 Å². The average molecular weight is 197 g/mol. The second-order valence-electron chi connectivity index (χ2n) is 3.74. The fourth-order valence-electron chi connectivity index (χ4n) is 2.12. The van der Waals surface area contributed by atoms with Crippen molar-refractivity contribution in [1.29, 1.82) is 0 Å². The highest BCUT2D eigenvalue weighted by Crippen LogP contribution is 2.23. The third-order valence-electron chi connectivity index (χ3n) is 2.98. The van der Waals surface area contributed by atoms with Gasteiger partial charge < -0.3 is 0 Å². The first-order valence-electron chi connectivity index (χ1n) is 5.59. The molecule has 1 nitrogen and oxygen atoms in total. The minimum atomic E-state index is 0.992. The molecule has 0 fully saturated rings. The van der Waals surface area contributed by atoms with E-state index in [1.165, 1.54) is 16.7 Å². The van der Waals surface area contributed by atoms with Crippen molar-refractivity contribution in [3.05, 3.63) is 28.2 Å². The summed E-state index contributed by atoms with van der Waals surface area (Å²) in [5, 5.41) is 0. The summed E-state index contributed by atoms with van der Waals surface area (Å²) in [5.41, 5.74) is 4.18. The Hall–Kier alpha value is -0.850. The molecule has 0 aliphatic carbocycles. The molecule has 1 heteroatoms. The molecule has 0 bridgehead atoms. The molecule has 0 aromatic carbocycles. The van der Waals surface area contributed by atoms with Crippen molar-refractivity contribution in [3.63, 3.8) is 0 Å². The Morgan fingerprint density at radius 3 is 1.50 bits per heavy atom. The van der Waals surface area contributed by atoms with E-state index in [1.54, 1.807) is 0 Å². The Labute approximate surface area is 87.2 Å².